The summed E-state index contributed by atoms with van der Waals surface area (Å²) in [7, 11) is 2.67. The summed E-state index contributed by atoms with van der Waals surface area (Å²) in [5.74, 6) is -0.536. The SMILES string of the molecule is COc1ccc(/C=C/[N+](=O)[O-])c(F)c1OC. The number of nitro groups is 1. The lowest BCUT2D eigenvalue weighted by molar-refractivity contribution is -0.400. The lowest BCUT2D eigenvalue weighted by atomic mass is 10.2. The molecule has 0 atom stereocenters. The maximum Gasteiger partial charge on any atom is 0.235 e. The highest BCUT2D eigenvalue weighted by Gasteiger charge is 2.13. The van der Waals surface area contributed by atoms with Crippen LogP contribution < -0.4 is 9.47 Å². The van der Waals surface area contributed by atoms with E-state index in [9.17, 15) is 14.5 Å². The monoisotopic (exact) mass is 227 g/mol. The number of nitrogens with zero attached hydrogens (tertiary/aromatic N) is 1. The van der Waals surface area contributed by atoms with Crippen LogP contribution in [0.1, 0.15) is 5.56 Å². The third kappa shape index (κ3) is 2.47. The van der Waals surface area contributed by atoms with E-state index in [2.05, 4.69) is 0 Å². The molecule has 6 heteroatoms. The van der Waals surface area contributed by atoms with Gasteiger partial charge in [-0.05, 0) is 12.1 Å². The first kappa shape index (κ1) is 12.0. The average molecular weight is 227 g/mol. The van der Waals surface area contributed by atoms with Crippen LogP contribution in [0.4, 0.5) is 4.39 Å². The van der Waals surface area contributed by atoms with Gasteiger partial charge in [0, 0.05) is 11.6 Å². The van der Waals surface area contributed by atoms with Gasteiger partial charge >= 0.3 is 0 Å². The van der Waals surface area contributed by atoms with Gasteiger partial charge in [0.05, 0.1) is 19.1 Å². The van der Waals surface area contributed by atoms with E-state index in [1.165, 1.54) is 26.4 Å². The maximum atomic E-state index is 13.7. The summed E-state index contributed by atoms with van der Waals surface area (Å²) in [4.78, 5) is 9.43. The van der Waals surface area contributed by atoms with Crippen molar-refractivity contribution in [1.29, 1.82) is 0 Å². The molecule has 0 spiro atoms. The summed E-state index contributed by atoms with van der Waals surface area (Å²) >= 11 is 0. The lowest BCUT2D eigenvalue weighted by Crippen LogP contribution is -1.96. The van der Waals surface area contributed by atoms with Gasteiger partial charge in [0.1, 0.15) is 0 Å². The van der Waals surface area contributed by atoms with Crippen molar-refractivity contribution in [2.24, 2.45) is 0 Å². The molecular formula is C10H10FNO4. The molecule has 0 bridgehead atoms. The van der Waals surface area contributed by atoms with Gasteiger partial charge in [0.15, 0.2) is 17.3 Å². The second-order valence-corrected chi connectivity index (χ2v) is 2.81. The van der Waals surface area contributed by atoms with Gasteiger partial charge in [-0.15, -0.1) is 0 Å². The van der Waals surface area contributed by atoms with Crippen LogP contribution in [0.25, 0.3) is 6.08 Å². The largest absolute Gasteiger partial charge is 0.493 e. The number of hydrogen-bond acceptors (Lipinski definition) is 4. The Morgan fingerprint density at radius 1 is 1.38 bits per heavy atom. The molecule has 0 unspecified atom stereocenters. The quantitative estimate of drug-likeness (QED) is 0.583. The van der Waals surface area contributed by atoms with Crippen molar-refractivity contribution < 1.29 is 18.8 Å². The Balaban J connectivity index is 3.18. The molecule has 0 saturated carbocycles. The third-order valence-electron chi connectivity index (χ3n) is 1.89. The Kier molecular flexibility index (Phi) is 3.82. The second kappa shape index (κ2) is 5.11. The number of rotatable bonds is 4. The molecule has 0 aliphatic carbocycles. The fraction of sp³-hybridized carbons (Fsp3) is 0.200. The van der Waals surface area contributed by atoms with E-state index in [0.29, 0.717) is 6.20 Å². The van der Waals surface area contributed by atoms with Gasteiger partial charge in [-0.25, -0.2) is 4.39 Å². The Morgan fingerprint density at radius 3 is 2.56 bits per heavy atom. The standard InChI is InChI=1S/C10H10FNO4/c1-15-8-4-3-7(5-6-12(13)14)9(11)10(8)16-2/h3-6H,1-2H3/b6-5+. The number of benzene rings is 1. The maximum absolute atomic E-state index is 13.7. The van der Waals surface area contributed by atoms with Crippen LogP contribution in [0.15, 0.2) is 18.3 Å². The molecule has 16 heavy (non-hydrogen) atoms. The molecule has 0 heterocycles. The minimum atomic E-state index is -0.694. The van der Waals surface area contributed by atoms with E-state index in [1.54, 1.807) is 0 Å². The molecule has 1 aromatic rings. The van der Waals surface area contributed by atoms with Crippen molar-refractivity contribution in [3.63, 3.8) is 0 Å². The van der Waals surface area contributed by atoms with E-state index in [4.69, 9.17) is 9.47 Å². The molecule has 0 aliphatic heterocycles. The van der Waals surface area contributed by atoms with E-state index in [-0.39, 0.29) is 17.1 Å². The van der Waals surface area contributed by atoms with E-state index < -0.39 is 10.7 Å². The second-order valence-electron chi connectivity index (χ2n) is 2.81. The fourth-order valence-electron chi connectivity index (χ4n) is 1.17. The molecule has 0 aromatic heterocycles. The highest BCUT2D eigenvalue weighted by atomic mass is 19.1. The number of ether oxygens (including phenoxy) is 2. The van der Waals surface area contributed by atoms with Gasteiger partial charge in [0.2, 0.25) is 6.20 Å². The molecule has 1 aromatic carbocycles. The molecular weight excluding hydrogens is 217 g/mol. The van der Waals surface area contributed by atoms with E-state index in [0.717, 1.165) is 6.08 Å². The molecule has 0 radical (unpaired) electrons. The van der Waals surface area contributed by atoms with Crippen LogP contribution in [0.5, 0.6) is 11.5 Å². The minimum absolute atomic E-state index is 0.0642. The summed E-state index contributed by atoms with van der Waals surface area (Å²) in [6, 6.07) is 2.85. The zero-order valence-corrected chi connectivity index (χ0v) is 8.77. The minimum Gasteiger partial charge on any atom is -0.493 e. The van der Waals surface area contributed by atoms with Crippen molar-refractivity contribution in [1.82, 2.24) is 0 Å². The molecule has 1 rings (SSSR count). The summed E-state index contributed by atoms with van der Waals surface area (Å²) in [6.45, 7) is 0. The van der Waals surface area contributed by atoms with E-state index in [1.807, 2.05) is 0 Å². The summed E-state index contributed by atoms with van der Waals surface area (Å²) in [5.41, 5.74) is 0.0642. The van der Waals surface area contributed by atoms with Crippen molar-refractivity contribution in [2.75, 3.05) is 14.2 Å². The van der Waals surface area contributed by atoms with Gasteiger partial charge in [-0.3, -0.25) is 10.1 Å². The fourth-order valence-corrected chi connectivity index (χ4v) is 1.17. The summed E-state index contributed by atoms with van der Waals surface area (Å²) in [5, 5.41) is 10.1. The zero-order valence-electron chi connectivity index (χ0n) is 8.77. The van der Waals surface area contributed by atoms with Crippen LogP contribution in [0.2, 0.25) is 0 Å². The first-order chi connectivity index (χ1) is 7.60. The molecule has 0 N–H and O–H groups in total. The Bertz CT molecular complexity index is 431. The third-order valence-corrected chi connectivity index (χ3v) is 1.89. The van der Waals surface area contributed by atoms with Crippen LogP contribution in [-0.4, -0.2) is 19.1 Å². The predicted octanol–water partition coefficient (Wildman–Crippen LogP) is 2.09. The molecule has 5 nitrogen and oxygen atoms in total. The van der Waals surface area contributed by atoms with Gasteiger partial charge in [-0.2, -0.15) is 0 Å². The highest BCUT2D eigenvalue weighted by molar-refractivity contribution is 5.56. The molecule has 0 saturated heterocycles. The Morgan fingerprint density at radius 2 is 2.06 bits per heavy atom. The van der Waals surface area contributed by atoms with Crippen LogP contribution in [0.3, 0.4) is 0 Å². The van der Waals surface area contributed by atoms with E-state index >= 15 is 0 Å². The van der Waals surface area contributed by atoms with Crippen molar-refractivity contribution >= 4 is 6.08 Å². The Hall–Kier alpha value is -2.11. The zero-order chi connectivity index (χ0) is 12.1. The summed E-state index contributed by atoms with van der Waals surface area (Å²) < 4.78 is 23.4. The van der Waals surface area contributed by atoms with Crippen LogP contribution >= 0.6 is 0 Å². The number of methoxy groups -OCH3 is 2. The predicted molar refractivity (Wildman–Crippen MR) is 55.5 cm³/mol. The number of halogens is 1. The van der Waals surface area contributed by atoms with Crippen molar-refractivity contribution in [3.05, 3.63) is 39.8 Å². The molecule has 0 aliphatic rings. The van der Waals surface area contributed by atoms with Crippen molar-refractivity contribution in [2.45, 2.75) is 0 Å². The van der Waals surface area contributed by atoms with Crippen LogP contribution in [-0.2, 0) is 0 Å². The molecule has 0 fully saturated rings. The first-order valence-electron chi connectivity index (χ1n) is 4.32. The van der Waals surface area contributed by atoms with Gasteiger partial charge in [0.25, 0.3) is 0 Å². The topological polar surface area (TPSA) is 61.6 Å². The van der Waals surface area contributed by atoms with Crippen molar-refractivity contribution in [3.8, 4) is 11.5 Å². The average Bonchev–Trinajstić information content (AvgIpc) is 2.26. The van der Waals surface area contributed by atoms with Gasteiger partial charge < -0.3 is 9.47 Å². The smallest absolute Gasteiger partial charge is 0.235 e. The molecule has 86 valence electrons. The highest BCUT2D eigenvalue weighted by Crippen LogP contribution is 2.32. The van der Waals surface area contributed by atoms with Gasteiger partial charge in [-0.1, -0.05) is 0 Å². The Labute approximate surface area is 91.2 Å². The normalized spacial score (nSPS) is 10.4. The molecule has 0 amide bonds. The van der Waals surface area contributed by atoms with Crippen LogP contribution in [0, 0.1) is 15.9 Å². The first-order valence-corrected chi connectivity index (χ1v) is 4.32. The lowest BCUT2D eigenvalue weighted by Gasteiger charge is -2.09. The summed E-state index contributed by atoms with van der Waals surface area (Å²) in [6.07, 6.45) is 1.71. The number of hydrogen-bond donors (Lipinski definition) is 0.